The monoisotopic (exact) mass is 358 g/mol. The Morgan fingerprint density at radius 1 is 1.31 bits per heavy atom. The summed E-state index contributed by atoms with van der Waals surface area (Å²) >= 11 is 0. The van der Waals surface area contributed by atoms with Gasteiger partial charge in [-0.1, -0.05) is 12.1 Å². The number of methoxy groups -OCH3 is 1. The summed E-state index contributed by atoms with van der Waals surface area (Å²) in [7, 11) is 1.68. The third-order valence-electron chi connectivity index (χ3n) is 5.01. The first kappa shape index (κ1) is 17.2. The fourth-order valence-corrected chi connectivity index (χ4v) is 3.83. The van der Waals surface area contributed by atoms with Crippen LogP contribution >= 0.6 is 0 Å². The van der Waals surface area contributed by atoms with E-state index in [2.05, 4.69) is 22.0 Å². The van der Waals surface area contributed by atoms with Crippen LogP contribution in [0.5, 0.6) is 11.6 Å². The number of pyridine rings is 1. The summed E-state index contributed by atoms with van der Waals surface area (Å²) in [5.41, 5.74) is 1.03. The molecule has 2 aromatic rings. The molecule has 0 N–H and O–H groups in total. The summed E-state index contributed by atoms with van der Waals surface area (Å²) in [4.78, 5) is 6.34. The van der Waals surface area contributed by atoms with Gasteiger partial charge in [-0.05, 0) is 29.8 Å². The summed E-state index contributed by atoms with van der Waals surface area (Å²) in [6, 6.07) is 11.1. The lowest BCUT2D eigenvalue weighted by atomic mass is 9.84. The van der Waals surface area contributed by atoms with Crippen LogP contribution in [0.4, 0.5) is 4.39 Å². The molecule has 1 aromatic heterocycles. The van der Waals surface area contributed by atoms with Crippen LogP contribution < -0.4 is 9.47 Å². The number of nitrogens with zero attached hydrogens (tertiary/aromatic N) is 2. The molecule has 0 amide bonds. The van der Waals surface area contributed by atoms with Gasteiger partial charge in [0.1, 0.15) is 11.9 Å². The molecule has 1 atom stereocenters. The number of aromatic nitrogens is 1. The minimum absolute atomic E-state index is 0.0629. The van der Waals surface area contributed by atoms with Gasteiger partial charge >= 0.3 is 0 Å². The van der Waals surface area contributed by atoms with E-state index in [1.807, 2.05) is 12.1 Å². The van der Waals surface area contributed by atoms with Crippen LogP contribution in [0.15, 0.2) is 42.6 Å². The molecule has 3 heterocycles. The van der Waals surface area contributed by atoms with Crippen molar-refractivity contribution in [2.24, 2.45) is 0 Å². The normalized spacial score (nSPS) is 22.0. The lowest BCUT2D eigenvalue weighted by molar-refractivity contribution is -0.188. The van der Waals surface area contributed by atoms with Crippen molar-refractivity contribution in [3.05, 3.63) is 54.0 Å². The van der Waals surface area contributed by atoms with Crippen LogP contribution in [0, 0.1) is 5.82 Å². The maximum atomic E-state index is 13.8. The Bertz CT molecular complexity index is 764. The van der Waals surface area contributed by atoms with Crippen molar-refractivity contribution >= 4 is 0 Å². The Morgan fingerprint density at radius 2 is 2.19 bits per heavy atom. The molecule has 138 valence electrons. The predicted molar refractivity (Wildman–Crippen MR) is 94.8 cm³/mol. The number of hydrogen-bond donors (Lipinski definition) is 0. The van der Waals surface area contributed by atoms with Crippen LogP contribution in [0.2, 0.25) is 0 Å². The van der Waals surface area contributed by atoms with E-state index in [-0.39, 0.29) is 17.6 Å². The molecular weight excluding hydrogens is 335 g/mol. The Morgan fingerprint density at radius 3 is 3.00 bits per heavy atom. The van der Waals surface area contributed by atoms with E-state index in [0.29, 0.717) is 6.61 Å². The zero-order valence-electron chi connectivity index (χ0n) is 14.9. The lowest BCUT2D eigenvalue weighted by Crippen LogP contribution is -2.65. The van der Waals surface area contributed by atoms with Crippen LogP contribution in [-0.4, -0.2) is 48.4 Å². The zero-order chi connectivity index (χ0) is 18.0. The van der Waals surface area contributed by atoms with Gasteiger partial charge in [0.15, 0.2) is 5.82 Å². The largest absolute Gasteiger partial charge is 0.497 e. The van der Waals surface area contributed by atoms with E-state index in [9.17, 15) is 4.39 Å². The summed E-state index contributed by atoms with van der Waals surface area (Å²) in [5.74, 6) is 0.543. The van der Waals surface area contributed by atoms with Crippen molar-refractivity contribution in [2.45, 2.75) is 31.1 Å². The number of likely N-dealkylation sites (tertiary alicyclic amines) is 1. The lowest BCUT2D eigenvalue weighted by Gasteiger charge is -2.53. The third-order valence-corrected chi connectivity index (χ3v) is 5.01. The second-order valence-corrected chi connectivity index (χ2v) is 7.05. The molecule has 0 saturated carbocycles. The average molecular weight is 358 g/mol. The van der Waals surface area contributed by atoms with Crippen LogP contribution in [0.1, 0.15) is 18.4 Å². The maximum Gasteiger partial charge on any atom is 0.250 e. The molecule has 2 saturated heterocycles. The van der Waals surface area contributed by atoms with Crippen molar-refractivity contribution < 1.29 is 18.6 Å². The molecule has 1 unspecified atom stereocenters. The fraction of sp³-hybridized carbons (Fsp3) is 0.450. The van der Waals surface area contributed by atoms with E-state index in [4.69, 9.17) is 14.2 Å². The molecule has 2 aliphatic rings. The van der Waals surface area contributed by atoms with Gasteiger partial charge in [-0.15, -0.1) is 0 Å². The Balaban J connectivity index is 1.33. The third kappa shape index (κ3) is 3.66. The molecule has 5 nitrogen and oxygen atoms in total. The van der Waals surface area contributed by atoms with Gasteiger partial charge in [-0.2, -0.15) is 0 Å². The highest BCUT2D eigenvalue weighted by molar-refractivity contribution is 5.28. The molecule has 6 heteroatoms. The first-order valence-electron chi connectivity index (χ1n) is 8.92. The topological polar surface area (TPSA) is 43.8 Å². The van der Waals surface area contributed by atoms with E-state index >= 15 is 0 Å². The molecule has 0 aliphatic carbocycles. The number of halogens is 1. The summed E-state index contributed by atoms with van der Waals surface area (Å²) < 4.78 is 30.9. The highest BCUT2D eigenvalue weighted by atomic mass is 19.1. The van der Waals surface area contributed by atoms with Crippen LogP contribution in [-0.2, 0) is 11.3 Å². The Kier molecular flexibility index (Phi) is 4.78. The average Bonchev–Trinajstić information content (AvgIpc) is 2.63. The SMILES string of the molecule is COc1cccc(CN2CC3(CC(Oc4ncccc4F)CCO3)C2)c1. The number of benzene rings is 1. The second-order valence-electron chi connectivity index (χ2n) is 7.05. The predicted octanol–water partition coefficient (Wildman–Crippen LogP) is 3.04. The van der Waals surface area contributed by atoms with E-state index in [1.54, 1.807) is 19.4 Å². The van der Waals surface area contributed by atoms with Crippen molar-refractivity contribution in [3.63, 3.8) is 0 Å². The quantitative estimate of drug-likeness (QED) is 0.822. The smallest absolute Gasteiger partial charge is 0.250 e. The van der Waals surface area contributed by atoms with Gasteiger partial charge in [-0.3, -0.25) is 4.90 Å². The van der Waals surface area contributed by atoms with Gasteiger partial charge < -0.3 is 14.2 Å². The minimum Gasteiger partial charge on any atom is -0.497 e. The zero-order valence-corrected chi connectivity index (χ0v) is 14.9. The standard InChI is InChI=1S/C20H23FN2O3/c1-24-16-5-2-4-15(10-16)12-23-13-20(14-23)11-17(7-9-25-20)26-19-18(21)6-3-8-22-19/h2-6,8,10,17H,7,9,11-14H2,1H3. The van der Waals surface area contributed by atoms with Gasteiger partial charge in [0.05, 0.1) is 19.3 Å². The van der Waals surface area contributed by atoms with Crippen molar-refractivity contribution in [1.29, 1.82) is 0 Å². The Labute approximate surface area is 152 Å². The second kappa shape index (κ2) is 7.21. The number of hydrogen-bond acceptors (Lipinski definition) is 5. The van der Waals surface area contributed by atoms with Crippen molar-refractivity contribution in [1.82, 2.24) is 9.88 Å². The van der Waals surface area contributed by atoms with Crippen LogP contribution in [0.25, 0.3) is 0 Å². The summed E-state index contributed by atoms with van der Waals surface area (Å²) in [6.45, 7) is 3.21. The maximum absolute atomic E-state index is 13.8. The molecule has 0 bridgehead atoms. The first-order valence-corrected chi connectivity index (χ1v) is 8.92. The molecule has 0 radical (unpaired) electrons. The van der Waals surface area contributed by atoms with Crippen LogP contribution in [0.3, 0.4) is 0 Å². The highest BCUT2D eigenvalue weighted by Crippen LogP contribution is 2.36. The Hall–Kier alpha value is -2.18. The highest BCUT2D eigenvalue weighted by Gasteiger charge is 2.48. The molecule has 26 heavy (non-hydrogen) atoms. The molecule has 4 rings (SSSR count). The summed E-state index contributed by atoms with van der Waals surface area (Å²) in [5, 5.41) is 0. The molecule has 2 fully saturated rings. The molecular formula is C20H23FN2O3. The number of ether oxygens (including phenoxy) is 3. The van der Waals surface area contributed by atoms with Gasteiger partial charge in [0, 0.05) is 38.7 Å². The van der Waals surface area contributed by atoms with E-state index in [0.717, 1.165) is 38.2 Å². The van der Waals surface area contributed by atoms with Gasteiger partial charge in [0.2, 0.25) is 0 Å². The van der Waals surface area contributed by atoms with Crippen molar-refractivity contribution in [3.8, 4) is 11.6 Å². The van der Waals surface area contributed by atoms with Gasteiger partial charge in [-0.25, -0.2) is 9.37 Å². The first-order chi connectivity index (χ1) is 12.7. The van der Waals surface area contributed by atoms with E-state index in [1.165, 1.54) is 11.6 Å². The molecule has 1 aromatic carbocycles. The number of rotatable bonds is 5. The molecule has 1 spiro atoms. The minimum atomic E-state index is -0.415. The molecule has 2 aliphatic heterocycles. The summed E-state index contributed by atoms with van der Waals surface area (Å²) in [6.07, 6.45) is 3.00. The van der Waals surface area contributed by atoms with E-state index < -0.39 is 5.82 Å². The fourth-order valence-electron chi connectivity index (χ4n) is 3.83. The van der Waals surface area contributed by atoms with Crippen molar-refractivity contribution in [2.75, 3.05) is 26.8 Å². The van der Waals surface area contributed by atoms with Gasteiger partial charge in [0.25, 0.3) is 5.88 Å².